The molecule has 1 atom stereocenters. The van der Waals surface area contributed by atoms with Crippen LogP contribution in [0.2, 0.25) is 0 Å². The van der Waals surface area contributed by atoms with Crippen LogP contribution in [0.25, 0.3) is 0 Å². The Balaban J connectivity index is 2.33. The maximum absolute atomic E-state index is 2.57. The molecule has 1 fully saturated rings. The van der Waals surface area contributed by atoms with Crippen molar-refractivity contribution < 1.29 is 0 Å². The Kier molecular flexibility index (Phi) is 4.32. The van der Waals surface area contributed by atoms with Crippen LogP contribution < -0.4 is 0 Å². The molecule has 0 saturated heterocycles. The Bertz CT molecular complexity index is 170. The first-order valence-corrected chi connectivity index (χ1v) is 6.91. The Morgan fingerprint density at radius 2 is 1.93 bits per heavy atom. The molecule has 0 aliphatic heterocycles. The highest BCUT2D eigenvalue weighted by Gasteiger charge is 2.27. The van der Waals surface area contributed by atoms with Crippen molar-refractivity contribution in [3.05, 3.63) is 0 Å². The Morgan fingerprint density at radius 3 is 2.29 bits per heavy atom. The topological polar surface area (TPSA) is 3.24 Å². The van der Waals surface area contributed by atoms with E-state index in [4.69, 9.17) is 0 Å². The third kappa shape index (κ3) is 4.70. The van der Waals surface area contributed by atoms with Gasteiger partial charge < -0.3 is 0 Å². The van der Waals surface area contributed by atoms with Gasteiger partial charge in [0.25, 0.3) is 0 Å². The van der Waals surface area contributed by atoms with Crippen molar-refractivity contribution in [2.75, 3.05) is 12.8 Å². The standard InChI is InChI=1S/C12H25NS/c1-10(8-12(2,3)4)13(14-5)9-11-6-7-11/h10-11H,6-9H2,1-5H3. The summed E-state index contributed by atoms with van der Waals surface area (Å²) >= 11 is 1.92. The maximum Gasteiger partial charge on any atom is 0.0179 e. The monoisotopic (exact) mass is 215 g/mol. The van der Waals surface area contributed by atoms with E-state index >= 15 is 0 Å². The zero-order valence-electron chi connectivity index (χ0n) is 10.3. The first-order valence-electron chi connectivity index (χ1n) is 5.73. The normalized spacial score (nSPS) is 20.1. The lowest BCUT2D eigenvalue weighted by Crippen LogP contribution is -2.31. The predicted octanol–water partition coefficient (Wildman–Crippen LogP) is 3.80. The lowest BCUT2D eigenvalue weighted by molar-refractivity contribution is 0.253. The minimum atomic E-state index is 0.455. The van der Waals surface area contributed by atoms with E-state index in [2.05, 4.69) is 38.3 Å². The fraction of sp³-hybridized carbons (Fsp3) is 1.00. The summed E-state index contributed by atoms with van der Waals surface area (Å²) in [5.41, 5.74) is 0.455. The molecule has 0 aromatic rings. The van der Waals surface area contributed by atoms with Gasteiger partial charge >= 0.3 is 0 Å². The lowest BCUT2D eigenvalue weighted by Gasteiger charge is -2.31. The van der Waals surface area contributed by atoms with Gasteiger partial charge in [-0.05, 0) is 43.8 Å². The van der Waals surface area contributed by atoms with Crippen molar-refractivity contribution in [2.24, 2.45) is 11.3 Å². The second-order valence-corrected chi connectivity index (χ2v) is 6.67. The molecular formula is C12H25NS. The molecule has 14 heavy (non-hydrogen) atoms. The van der Waals surface area contributed by atoms with Gasteiger partial charge in [0.15, 0.2) is 0 Å². The largest absolute Gasteiger partial charge is 0.248 e. The van der Waals surface area contributed by atoms with Gasteiger partial charge in [0.05, 0.1) is 0 Å². The van der Waals surface area contributed by atoms with E-state index in [1.807, 2.05) is 11.9 Å². The zero-order valence-corrected chi connectivity index (χ0v) is 11.2. The minimum absolute atomic E-state index is 0.455. The molecular weight excluding hydrogens is 190 g/mol. The van der Waals surface area contributed by atoms with Crippen LogP contribution in [-0.4, -0.2) is 23.1 Å². The van der Waals surface area contributed by atoms with Crippen LogP contribution in [0, 0.1) is 11.3 Å². The van der Waals surface area contributed by atoms with Gasteiger partial charge in [0.1, 0.15) is 0 Å². The first-order chi connectivity index (χ1) is 6.42. The van der Waals surface area contributed by atoms with E-state index in [-0.39, 0.29) is 0 Å². The second kappa shape index (κ2) is 4.89. The van der Waals surface area contributed by atoms with Crippen molar-refractivity contribution in [3.63, 3.8) is 0 Å². The number of nitrogens with zero attached hydrogens (tertiary/aromatic N) is 1. The molecule has 0 aromatic heterocycles. The van der Waals surface area contributed by atoms with Gasteiger partial charge in [-0.1, -0.05) is 32.7 Å². The molecule has 1 aliphatic carbocycles. The molecule has 0 bridgehead atoms. The molecule has 1 saturated carbocycles. The van der Waals surface area contributed by atoms with Gasteiger partial charge in [-0.3, -0.25) is 0 Å². The van der Waals surface area contributed by atoms with Crippen LogP contribution in [0.3, 0.4) is 0 Å². The maximum atomic E-state index is 2.57. The summed E-state index contributed by atoms with van der Waals surface area (Å²) in [6.45, 7) is 10.7. The Morgan fingerprint density at radius 1 is 1.36 bits per heavy atom. The molecule has 2 heteroatoms. The summed E-state index contributed by atoms with van der Waals surface area (Å²) in [5.74, 6) is 1.00. The summed E-state index contributed by atoms with van der Waals surface area (Å²) in [6.07, 6.45) is 6.42. The summed E-state index contributed by atoms with van der Waals surface area (Å²) in [5, 5.41) is 0. The second-order valence-electron chi connectivity index (χ2n) is 5.84. The molecule has 0 radical (unpaired) electrons. The van der Waals surface area contributed by atoms with Crippen molar-refractivity contribution in [3.8, 4) is 0 Å². The van der Waals surface area contributed by atoms with E-state index in [0.29, 0.717) is 11.5 Å². The van der Waals surface area contributed by atoms with Crippen LogP contribution in [0.1, 0.15) is 47.0 Å². The molecule has 1 nitrogen and oxygen atoms in total. The van der Waals surface area contributed by atoms with Crippen molar-refractivity contribution in [1.29, 1.82) is 0 Å². The van der Waals surface area contributed by atoms with Crippen LogP contribution in [0.5, 0.6) is 0 Å². The quantitative estimate of drug-likeness (QED) is 0.642. The van der Waals surface area contributed by atoms with Gasteiger partial charge in [-0.2, -0.15) is 0 Å². The number of rotatable bonds is 5. The molecule has 1 unspecified atom stereocenters. The Labute approximate surface area is 93.8 Å². The van der Waals surface area contributed by atoms with Crippen molar-refractivity contribution >= 4 is 11.9 Å². The molecule has 1 aliphatic rings. The lowest BCUT2D eigenvalue weighted by atomic mass is 9.88. The van der Waals surface area contributed by atoms with Crippen LogP contribution in [0.15, 0.2) is 0 Å². The molecule has 0 heterocycles. The molecule has 0 aromatic carbocycles. The van der Waals surface area contributed by atoms with E-state index in [1.54, 1.807) is 0 Å². The molecule has 1 rings (SSSR count). The minimum Gasteiger partial charge on any atom is -0.248 e. The van der Waals surface area contributed by atoms with Crippen LogP contribution in [-0.2, 0) is 0 Å². The highest BCUT2D eigenvalue weighted by atomic mass is 32.2. The van der Waals surface area contributed by atoms with Gasteiger partial charge in [0, 0.05) is 12.6 Å². The van der Waals surface area contributed by atoms with Crippen molar-refractivity contribution in [2.45, 2.75) is 53.0 Å². The third-order valence-electron chi connectivity index (χ3n) is 2.77. The van der Waals surface area contributed by atoms with Gasteiger partial charge in [-0.15, -0.1) is 0 Å². The third-order valence-corrected chi connectivity index (χ3v) is 3.75. The fourth-order valence-corrected chi connectivity index (χ4v) is 2.77. The average Bonchev–Trinajstić information content (AvgIpc) is 2.79. The van der Waals surface area contributed by atoms with Crippen LogP contribution in [0.4, 0.5) is 0 Å². The first kappa shape index (κ1) is 12.4. The zero-order chi connectivity index (χ0) is 10.8. The van der Waals surface area contributed by atoms with E-state index in [0.717, 1.165) is 5.92 Å². The van der Waals surface area contributed by atoms with Gasteiger partial charge in [0.2, 0.25) is 0 Å². The summed E-state index contributed by atoms with van der Waals surface area (Å²) in [7, 11) is 0. The summed E-state index contributed by atoms with van der Waals surface area (Å²) in [4.78, 5) is 0. The summed E-state index contributed by atoms with van der Waals surface area (Å²) < 4.78 is 2.57. The average molecular weight is 215 g/mol. The highest BCUT2D eigenvalue weighted by molar-refractivity contribution is 7.96. The molecule has 0 amide bonds. The van der Waals surface area contributed by atoms with Crippen molar-refractivity contribution in [1.82, 2.24) is 4.31 Å². The highest BCUT2D eigenvalue weighted by Crippen LogP contribution is 2.34. The fourth-order valence-electron chi connectivity index (χ4n) is 1.98. The molecule has 84 valence electrons. The summed E-state index contributed by atoms with van der Waals surface area (Å²) in [6, 6.07) is 0.714. The number of hydrogen-bond acceptors (Lipinski definition) is 2. The SMILES string of the molecule is CSN(CC1CC1)C(C)CC(C)(C)C. The van der Waals surface area contributed by atoms with Gasteiger partial charge in [-0.25, -0.2) is 4.31 Å². The number of hydrogen-bond donors (Lipinski definition) is 0. The van der Waals surface area contributed by atoms with E-state index < -0.39 is 0 Å². The van der Waals surface area contributed by atoms with E-state index in [1.165, 1.54) is 25.8 Å². The Hall–Kier alpha value is 0.310. The predicted molar refractivity (Wildman–Crippen MR) is 66.5 cm³/mol. The van der Waals surface area contributed by atoms with E-state index in [9.17, 15) is 0 Å². The molecule has 0 N–H and O–H groups in total. The smallest absolute Gasteiger partial charge is 0.0179 e. The van der Waals surface area contributed by atoms with Crippen LogP contribution >= 0.6 is 11.9 Å². The molecule has 0 spiro atoms.